The van der Waals surface area contributed by atoms with Gasteiger partial charge in [-0.05, 0) is 26.2 Å². The van der Waals surface area contributed by atoms with E-state index in [-0.39, 0.29) is 5.97 Å². The third-order valence-electron chi connectivity index (χ3n) is 2.18. The number of carbonyl (C=O) groups excluding carboxylic acids is 1. The zero-order valence-corrected chi connectivity index (χ0v) is 11.3. The molecule has 0 aromatic heterocycles. The molecule has 1 rings (SSSR count). The molecule has 88 valence electrons. The van der Waals surface area contributed by atoms with Crippen LogP contribution in [0.15, 0.2) is 0 Å². The van der Waals surface area contributed by atoms with E-state index in [1.807, 2.05) is 21.6 Å². The van der Waals surface area contributed by atoms with Crippen LogP contribution in [0, 0.1) is 0 Å². The Morgan fingerprint density at radius 3 is 3.00 bits per heavy atom. The lowest BCUT2D eigenvalue weighted by Crippen LogP contribution is -2.09. The van der Waals surface area contributed by atoms with E-state index in [1.54, 1.807) is 6.92 Å². The Morgan fingerprint density at radius 1 is 1.60 bits per heavy atom. The maximum absolute atomic E-state index is 11.1. The first-order valence-electron chi connectivity index (χ1n) is 5.30. The van der Waals surface area contributed by atoms with Crippen LogP contribution in [-0.4, -0.2) is 22.5 Å². The lowest BCUT2D eigenvalue weighted by Gasteiger charge is -2.07. The van der Waals surface area contributed by atoms with Crippen molar-refractivity contribution in [2.45, 2.75) is 49.8 Å². The summed E-state index contributed by atoms with van der Waals surface area (Å²) in [5, 5.41) is 0.804. The molecule has 0 aromatic carbocycles. The highest BCUT2D eigenvalue weighted by atomic mass is 35.5. The van der Waals surface area contributed by atoms with E-state index < -0.39 is 5.56 Å². The normalized spacial score (nSPS) is 22.7. The number of alkyl halides is 1. The zero-order valence-electron chi connectivity index (χ0n) is 8.91. The van der Waals surface area contributed by atoms with Gasteiger partial charge in [-0.15, -0.1) is 0 Å². The van der Waals surface area contributed by atoms with Gasteiger partial charge in [0.1, 0.15) is 0 Å². The molecule has 1 saturated heterocycles. The zero-order chi connectivity index (χ0) is 11.1. The molecule has 0 amide bonds. The van der Waals surface area contributed by atoms with E-state index in [4.69, 9.17) is 16.3 Å². The molecule has 0 bridgehead atoms. The lowest BCUT2D eigenvalue weighted by molar-refractivity contribution is -0.144. The maximum atomic E-state index is 11.1. The quantitative estimate of drug-likeness (QED) is 0.317. The van der Waals surface area contributed by atoms with Gasteiger partial charge in [-0.1, -0.05) is 39.6 Å². The van der Waals surface area contributed by atoms with E-state index in [0.717, 1.165) is 18.1 Å². The van der Waals surface area contributed by atoms with Crippen LogP contribution < -0.4 is 0 Å². The summed E-state index contributed by atoms with van der Waals surface area (Å²) in [4.78, 5) is 11.1. The van der Waals surface area contributed by atoms with Gasteiger partial charge < -0.3 is 4.74 Å². The number of carbonyl (C=O) groups is 1. The lowest BCUT2D eigenvalue weighted by atomic mass is 10.1. The summed E-state index contributed by atoms with van der Waals surface area (Å²) in [6, 6.07) is 0. The van der Waals surface area contributed by atoms with Gasteiger partial charge in [0.05, 0.1) is 0 Å². The van der Waals surface area contributed by atoms with Crippen LogP contribution in [0.4, 0.5) is 0 Å². The van der Waals surface area contributed by atoms with Gasteiger partial charge in [0.25, 0.3) is 0 Å². The Kier molecular flexibility index (Phi) is 6.93. The predicted molar refractivity (Wildman–Crippen MR) is 68.3 cm³/mol. The Bertz CT molecular complexity index is 194. The van der Waals surface area contributed by atoms with E-state index in [1.165, 1.54) is 18.6 Å². The number of esters is 1. The van der Waals surface area contributed by atoms with Gasteiger partial charge in [0.15, 0.2) is 5.56 Å². The van der Waals surface area contributed by atoms with Crippen molar-refractivity contribution in [1.82, 2.24) is 0 Å². The van der Waals surface area contributed by atoms with Crippen molar-refractivity contribution in [3.63, 3.8) is 0 Å². The SMILES string of the molecule is CC(Cl)OC(=O)CCCC[C@@H]1CCSS1. The van der Waals surface area contributed by atoms with E-state index in [9.17, 15) is 4.79 Å². The van der Waals surface area contributed by atoms with Crippen molar-refractivity contribution < 1.29 is 9.53 Å². The molecule has 0 radical (unpaired) electrons. The molecule has 5 heteroatoms. The highest BCUT2D eigenvalue weighted by molar-refractivity contribution is 8.77. The Balaban J connectivity index is 1.94. The highest BCUT2D eigenvalue weighted by Gasteiger charge is 2.16. The Morgan fingerprint density at radius 2 is 2.40 bits per heavy atom. The number of rotatable bonds is 6. The van der Waals surface area contributed by atoms with Gasteiger partial charge in [-0.2, -0.15) is 0 Å². The fourth-order valence-corrected chi connectivity index (χ4v) is 4.57. The third-order valence-corrected chi connectivity index (χ3v) is 5.27. The summed E-state index contributed by atoms with van der Waals surface area (Å²) in [5.41, 5.74) is -0.501. The molecule has 2 atom stereocenters. The van der Waals surface area contributed by atoms with Crippen LogP contribution in [0.3, 0.4) is 0 Å². The summed E-state index contributed by atoms with van der Waals surface area (Å²) in [5.74, 6) is 1.10. The molecule has 15 heavy (non-hydrogen) atoms. The van der Waals surface area contributed by atoms with Gasteiger partial charge in [0.2, 0.25) is 0 Å². The standard InChI is InChI=1S/C10H17ClO2S2/c1-8(11)13-10(12)5-3-2-4-9-6-7-14-15-9/h8-9H,2-7H2,1H3/t8?,9-/m1/s1. The minimum atomic E-state index is -0.501. The van der Waals surface area contributed by atoms with Crippen molar-refractivity contribution in [3.05, 3.63) is 0 Å². The van der Waals surface area contributed by atoms with Crippen molar-refractivity contribution >= 4 is 39.2 Å². The molecular weight excluding hydrogens is 252 g/mol. The second-order valence-electron chi connectivity index (χ2n) is 3.61. The number of ether oxygens (including phenoxy) is 1. The minimum absolute atomic E-state index is 0.175. The summed E-state index contributed by atoms with van der Waals surface area (Å²) >= 11 is 5.54. The van der Waals surface area contributed by atoms with Gasteiger partial charge in [0, 0.05) is 17.4 Å². The van der Waals surface area contributed by atoms with Crippen LogP contribution in [0.5, 0.6) is 0 Å². The summed E-state index contributed by atoms with van der Waals surface area (Å²) < 4.78 is 4.84. The number of halogens is 1. The first-order chi connectivity index (χ1) is 7.18. The second-order valence-corrected chi connectivity index (χ2v) is 7.01. The predicted octanol–water partition coefficient (Wildman–Crippen LogP) is 3.83. The molecule has 0 aromatic rings. The fourth-order valence-electron chi connectivity index (χ4n) is 1.45. The average molecular weight is 269 g/mol. The van der Waals surface area contributed by atoms with Crippen LogP contribution >= 0.6 is 33.2 Å². The Hall–Kier alpha value is 0.460. The van der Waals surface area contributed by atoms with Crippen molar-refractivity contribution in [1.29, 1.82) is 0 Å². The van der Waals surface area contributed by atoms with Crippen molar-refractivity contribution in [2.24, 2.45) is 0 Å². The van der Waals surface area contributed by atoms with Crippen molar-refractivity contribution in [2.75, 3.05) is 5.75 Å². The highest BCUT2D eigenvalue weighted by Crippen LogP contribution is 2.39. The van der Waals surface area contributed by atoms with Crippen molar-refractivity contribution in [3.8, 4) is 0 Å². The molecular formula is C10H17ClO2S2. The average Bonchev–Trinajstić information content (AvgIpc) is 2.63. The van der Waals surface area contributed by atoms with Gasteiger partial charge >= 0.3 is 5.97 Å². The summed E-state index contributed by atoms with van der Waals surface area (Å²) in [6.45, 7) is 1.66. The molecule has 1 fully saturated rings. The molecule has 1 heterocycles. The maximum Gasteiger partial charge on any atom is 0.307 e. The molecule has 1 aliphatic rings. The fraction of sp³-hybridized carbons (Fsp3) is 0.900. The van der Waals surface area contributed by atoms with Crippen LogP contribution in [-0.2, 0) is 9.53 Å². The first kappa shape index (κ1) is 13.5. The number of hydrogen-bond donors (Lipinski definition) is 0. The molecule has 1 unspecified atom stereocenters. The largest absolute Gasteiger partial charge is 0.446 e. The third kappa shape index (κ3) is 6.59. The smallest absolute Gasteiger partial charge is 0.307 e. The van der Waals surface area contributed by atoms with Crippen LogP contribution in [0.2, 0.25) is 0 Å². The van der Waals surface area contributed by atoms with Gasteiger partial charge in [-0.25, -0.2) is 0 Å². The monoisotopic (exact) mass is 268 g/mol. The molecule has 0 spiro atoms. The molecule has 1 aliphatic heterocycles. The van der Waals surface area contributed by atoms with E-state index in [2.05, 4.69) is 0 Å². The summed E-state index contributed by atoms with van der Waals surface area (Å²) in [6.07, 6.45) is 5.08. The number of hydrogen-bond acceptors (Lipinski definition) is 4. The van der Waals surface area contributed by atoms with E-state index >= 15 is 0 Å². The molecule has 0 N–H and O–H groups in total. The molecule has 0 saturated carbocycles. The van der Waals surface area contributed by atoms with Crippen LogP contribution in [0.1, 0.15) is 39.0 Å². The summed E-state index contributed by atoms with van der Waals surface area (Å²) in [7, 11) is 3.95. The second kappa shape index (κ2) is 7.69. The van der Waals surface area contributed by atoms with E-state index in [0.29, 0.717) is 6.42 Å². The molecule has 2 nitrogen and oxygen atoms in total. The first-order valence-corrected chi connectivity index (χ1v) is 8.12. The topological polar surface area (TPSA) is 26.3 Å². The minimum Gasteiger partial charge on any atom is -0.446 e. The molecule has 0 aliphatic carbocycles. The Labute approximate surface area is 104 Å². The van der Waals surface area contributed by atoms with Gasteiger partial charge in [-0.3, -0.25) is 4.79 Å². The number of unbranched alkanes of at least 4 members (excludes halogenated alkanes) is 1. The van der Waals surface area contributed by atoms with Crippen LogP contribution in [0.25, 0.3) is 0 Å².